The number of anilines is 1. The highest BCUT2D eigenvalue weighted by Gasteiger charge is 2.15. The van der Waals surface area contributed by atoms with Crippen molar-refractivity contribution in [2.75, 3.05) is 19.6 Å². The van der Waals surface area contributed by atoms with Crippen LogP contribution in [0.1, 0.15) is 0 Å². The second-order valence-corrected chi connectivity index (χ2v) is 3.70. The van der Waals surface area contributed by atoms with E-state index in [2.05, 4.69) is 10.4 Å². The quantitative estimate of drug-likeness (QED) is 0.648. The van der Waals surface area contributed by atoms with Crippen LogP contribution in [0.15, 0.2) is 18.3 Å². The maximum Gasteiger partial charge on any atom is 0.180 e. The van der Waals surface area contributed by atoms with E-state index in [0.29, 0.717) is 22.3 Å². The van der Waals surface area contributed by atoms with E-state index in [4.69, 9.17) is 26.9 Å². The summed E-state index contributed by atoms with van der Waals surface area (Å²) in [6, 6.07) is 3.57. The molecule has 0 aliphatic rings. The lowest BCUT2D eigenvalue weighted by Crippen LogP contribution is -2.09. The van der Waals surface area contributed by atoms with Crippen LogP contribution >= 0.6 is 11.6 Å². The number of pyridine rings is 1. The second kappa shape index (κ2) is 4.65. The van der Waals surface area contributed by atoms with Gasteiger partial charge in [0, 0.05) is 17.0 Å². The molecule has 1 aromatic heterocycles. The Hall–Kier alpha value is -1.72. The standard InChI is InChI=1S/C11H12ClN3O2/c1-16-8-5-7-6(9(12)10(8)17-2)3-4-14-11(7)15-13/h3-5H,13H2,1-2H3,(H,14,15). The summed E-state index contributed by atoms with van der Waals surface area (Å²) in [5.74, 6) is 6.97. The number of benzene rings is 1. The van der Waals surface area contributed by atoms with Gasteiger partial charge in [-0.05, 0) is 12.1 Å². The number of methoxy groups -OCH3 is 2. The lowest BCUT2D eigenvalue weighted by molar-refractivity contribution is 0.356. The lowest BCUT2D eigenvalue weighted by Gasteiger charge is -2.13. The van der Waals surface area contributed by atoms with E-state index < -0.39 is 0 Å². The Morgan fingerprint density at radius 1 is 1.29 bits per heavy atom. The Morgan fingerprint density at radius 3 is 2.65 bits per heavy atom. The molecule has 0 atom stereocenters. The molecule has 0 radical (unpaired) electrons. The maximum absolute atomic E-state index is 6.25. The SMILES string of the molecule is COc1cc2c(NN)nccc2c(Cl)c1OC. The highest BCUT2D eigenvalue weighted by molar-refractivity contribution is 6.37. The first-order valence-electron chi connectivity index (χ1n) is 4.88. The summed E-state index contributed by atoms with van der Waals surface area (Å²) >= 11 is 6.25. The number of nitrogen functional groups attached to an aromatic ring is 1. The monoisotopic (exact) mass is 253 g/mol. The second-order valence-electron chi connectivity index (χ2n) is 3.33. The first-order valence-corrected chi connectivity index (χ1v) is 5.26. The Morgan fingerprint density at radius 2 is 2.06 bits per heavy atom. The van der Waals surface area contributed by atoms with E-state index >= 15 is 0 Å². The summed E-state index contributed by atoms with van der Waals surface area (Å²) < 4.78 is 10.4. The van der Waals surface area contributed by atoms with Crippen LogP contribution in [0.3, 0.4) is 0 Å². The molecular formula is C11H12ClN3O2. The molecule has 0 unspecified atom stereocenters. The number of halogens is 1. The van der Waals surface area contributed by atoms with Crippen LogP contribution in [0.2, 0.25) is 5.02 Å². The minimum Gasteiger partial charge on any atom is -0.493 e. The van der Waals surface area contributed by atoms with Crippen LogP contribution in [0.5, 0.6) is 11.5 Å². The molecule has 3 N–H and O–H groups in total. The Kier molecular flexibility index (Phi) is 3.21. The van der Waals surface area contributed by atoms with Crippen molar-refractivity contribution in [2.24, 2.45) is 5.84 Å². The molecule has 0 saturated carbocycles. The smallest absolute Gasteiger partial charge is 0.180 e. The molecule has 0 bridgehead atoms. The van der Waals surface area contributed by atoms with Crippen molar-refractivity contribution in [1.29, 1.82) is 0 Å². The predicted molar refractivity (Wildman–Crippen MR) is 67.7 cm³/mol. The molecule has 5 nitrogen and oxygen atoms in total. The van der Waals surface area contributed by atoms with Gasteiger partial charge in [-0.1, -0.05) is 11.6 Å². The number of fused-ring (bicyclic) bond motifs is 1. The molecule has 17 heavy (non-hydrogen) atoms. The van der Waals surface area contributed by atoms with Gasteiger partial charge in [0.25, 0.3) is 0 Å². The molecule has 0 spiro atoms. The molecule has 0 amide bonds. The summed E-state index contributed by atoms with van der Waals surface area (Å²) in [5, 5.41) is 2.05. The number of hydrogen-bond donors (Lipinski definition) is 2. The number of nitrogens with two attached hydrogens (primary N) is 1. The van der Waals surface area contributed by atoms with Crippen LogP contribution in [0, 0.1) is 0 Å². The summed E-state index contributed by atoms with van der Waals surface area (Å²) in [6.45, 7) is 0. The summed E-state index contributed by atoms with van der Waals surface area (Å²) in [7, 11) is 3.09. The maximum atomic E-state index is 6.25. The van der Waals surface area contributed by atoms with Gasteiger partial charge in [0.15, 0.2) is 11.5 Å². The fourth-order valence-corrected chi connectivity index (χ4v) is 2.03. The number of hydrazine groups is 1. The summed E-state index contributed by atoms with van der Waals surface area (Å²) in [5.41, 5.74) is 2.52. The summed E-state index contributed by atoms with van der Waals surface area (Å²) in [6.07, 6.45) is 1.62. The van der Waals surface area contributed by atoms with Gasteiger partial charge in [-0.25, -0.2) is 10.8 Å². The van der Waals surface area contributed by atoms with Gasteiger partial charge in [0.1, 0.15) is 5.82 Å². The van der Waals surface area contributed by atoms with Gasteiger partial charge in [-0.3, -0.25) is 0 Å². The molecule has 1 aromatic carbocycles. The molecule has 2 aromatic rings. The molecule has 2 rings (SSSR count). The van der Waals surface area contributed by atoms with Crippen LogP contribution in [0.25, 0.3) is 10.8 Å². The van der Waals surface area contributed by atoms with E-state index in [-0.39, 0.29) is 0 Å². The van der Waals surface area contributed by atoms with E-state index in [1.54, 1.807) is 32.5 Å². The fraction of sp³-hybridized carbons (Fsp3) is 0.182. The fourth-order valence-electron chi connectivity index (χ4n) is 1.69. The Bertz CT molecular complexity index is 560. The van der Waals surface area contributed by atoms with Crippen LogP contribution in [0.4, 0.5) is 5.82 Å². The zero-order chi connectivity index (χ0) is 12.4. The average molecular weight is 254 g/mol. The van der Waals surface area contributed by atoms with E-state index in [0.717, 1.165) is 10.8 Å². The zero-order valence-corrected chi connectivity index (χ0v) is 10.2. The van der Waals surface area contributed by atoms with Crippen molar-refractivity contribution >= 4 is 28.2 Å². The first-order chi connectivity index (χ1) is 8.22. The number of ether oxygens (including phenoxy) is 2. The normalized spacial score (nSPS) is 10.4. The number of aromatic nitrogens is 1. The molecule has 6 heteroatoms. The molecule has 90 valence electrons. The average Bonchev–Trinajstić information content (AvgIpc) is 2.37. The van der Waals surface area contributed by atoms with Crippen molar-refractivity contribution in [2.45, 2.75) is 0 Å². The van der Waals surface area contributed by atoms with Crippen LogP contribution < -0.4 is 20.7 Å². The van der Waals surface area contributed by atoms with Gasteiger partial charge in [0.05, 0.1) is 19.2 Å². The third-order valence-electron chi connectivity index (χ3n) is 2.49. The van der Waals surface area contributed by atoms with Crippen molar-refractivity contribution in [3.63, 3.8) is 0 Å². The lowest BCUT2D eigenvalue weighted by atomic mass is 10.1. The van der Waals surface area contributed by atoms with E-state index in [1.165, 1.54) is 0 Å². The first kappa shape index (κ1) is 11.8. The van der Waals surface area contributed by atoms with E-state index in [1.807, 2.05) is 0 Å². The molecule has 0 aliphatic carbocycles. The van der Waals surface area contributed by atoms with Gasteiger partial charge in [-0.2, -0.15) is 0 Å². The minimum atomic E-state index is 0.473. The van der Waals surface area contributed by atoms with Gasteiger partial charge < -0.3 is 14.9 Å². The van der Waals surface area contributed by atoms with Gasteiger partial charge in [-0.15, -0.1) is 0 Å². The Labute approximate surface area is 103 Å². The number of hydrogen-bond acceptors (Lipinski definition) is 5. The molecule has 0 saturated heterocycles. The molecule has 0 fully saturated rings. The topological polar surface area (TPSA) is 69.4 Å². The van der Waals surface area contributed by atoms with Crippen LogP contribution in [-0.4, -0.2) is 19.2 Å². The van der Waals surface area contributed by atoms with Crippen molar-refractivity contribution in [1.82, 2.24) is 4.98 Å². The van der Waals surface area contributed by atoms with Gasteiger partial charge >= 0.3 is 0 Å². The molecule has 0 aliphatic heterocycles. The van der Waals surface area contributed by atoms with Gasteiger partial charge in [0.2, 0.25) is 0 Å². The zero-order valence-electron chi connectivity index (χ0n) is 9.45. The van der Waals surface area contributed by atoms with E-state index in [9.17, 15) is 0 Å². The predicted octanol–water partition coefficient (Wildman–Crippen LogP) is 2.19. The molecule has 1 heterocycles. The van der Waals surface area contributed by atoms with Crippen LogP contribution in [-0.2, 0) is 0 Å². The third-order valence-corrected chi connectivity index (χ3v) is 2.86. The van der Waals surface area contributed by atoms with Crippen molar-refractivity contribution in [3.05, 3.63) is 23.4 Å². The highest BCUT2D eigenvalue weighted by atomic mass is 35.5. The number of nitrogens with zero attached hydrogens (tertiary/aromatic N) is 1. The highest BCUT2D eigenvalue weighted by Crippen LogP contribution is 2.42. The molecular weight excluding hydrogens is 242 g/mol. The van der Waals surface area contributed by atoms with Crippen molar-refractivity contribution in [3.8, 4) is 11.5 Å². The number of nitrogens with one attached hydrogen (secondary N) is 1. The Balaban J connectivity index is 2.84. The summed E-state index contributed by atoms with van der Waals surface area (Å²) in [4.78, 5) is 4.11. The van der Waals surface area contributed by atoms with Crippen molar-refractivity contribution < 1.29 is 9.47 Å². The largest absolute Gasteiger partial charge is 0.493 e. The number of rotatable bonds is 3. The third kappa shape index (κ3) is 1.83. The minimum absolute atomic E-state index is 0.473.